The van der Waals surface area contributed by atoms with Crippen LogP contribution in [-0.4, -0.2) is 24.1 Å². The first-order chi connectivity index (χ1) is 18.4. The predicted octanol–water partition coefficient (Wildman–Crippen LogP) is 7.55. The van der Waals surface area contributed by atoms with E-state index in [0.717, 1.165) is 22.4 Å². The average molecular weight is 561 g/mol. The molecule has 0 radical (unpaired) electrons. The van der Waals surface area contributed by atoms with E-state index in [4.69, 9.17) is 40.2 Å². The summed E-state index contributed by atoms with van der Waals surface area (Å²) < 4.78 is 6.04. The molecule has 2 N–H and O–H groups in total. The van der Waals surface area contributed by atoms with E-state index in [0.29, 0.717) is 27.2 Å². The van der Waals surface area contributed by atoms with Crippen molar-refractivity contribution in [1.82, 2.24) is 5.32 Å². The van der Waals surface area contributed by atoms with Crippen molar-refractivity contribution in [2.24, 2.45) is 0 Å². The molecule has 0 aliphatic carbocycles. The van der Waals surface area contributed by atoms with Gasteiger partial charge in [0.15, 0.2) is 10.9 Å². The second-order valence-corrected chi connectivity index (χ2v) is 9.86. The zero-order valence-electron chi connectivity index (χ0n) is 20.3. The summed E-state index contributed by atoms with van der Waals surface area (Å²) in [6.45, 7) is 0. The monoisotopic (exact) mass is 559 g/mol. The van der Waals surface area contributed by atoms with Crippen LogP contribution in [-0.2, 0) is 4.79 Å². The molecule has 1 aliphatic rings. The molecule has 0 bridgehead atoms. The summed E-state index contributed by atoms with van der Waals surface area (Å²) in [4.78, 5) is 15.2. The number of rotatable bonds is 5. The van der Waals surface area contributed by atoms with E-state index in [9.17, 15) is 4.79 Å². The molecule has 4 aromatic rings. The number of carbonyl (C=O) groups is 1. The third-order valence-electron chi connectivity index (χ3n) is 6.10. The summed E-state index contributed by atoms with van der Waals surface area (Å²) in [7, 11) is 1.73. The Kier molecular flexibility index (Phi) is 7.65. The third-order valence-corrected chi connectivity index (χ3v) is 6.88. The Bertz CT molecular complexity index is 1540. The Morgan fingerprint density at radius 3 is 2.39 bits per heavy atom. The van der Waals surface area contributed by atoms with Crippen molar-refractivity contribution in [2.75, 3.05) is 17.3 Å². The summed E-state index contributed by atoms with van der Waals surface area (Å²) in [5, 5.41) is 7.73. The maximum Gasteiger partial charge on any atom is 0.253 e. The Labute approximate surface area is 236 Å². The number of thiocarbonyl (C=S) groups is 1. The molecule has 0 aromatic heterocycles. The highest BCUT2D eigenvalue weighted by atomic mass is 35.5. The van der Waals surface area contributed by atoms with Gasteiger partial charge in [0.25, 0.3) is 5.91 Å². The van der Waals surface area contributed by atoms with E-state index in [1.807, 2.05) is 97.1 Å². The van der Waals surface area contributed by atoms with Crippen molar-refractivity contribution in [3.63, 3.8) is 0 Å². The Morgan fingerprint density at radius 1 is 0.895 bits per heavy atom. The summed E-state index contributed by atoms with van der Waals surface area (Å²) >= 11 is 18.6. The molecule has 0 saturated carbocycles. The van der Waals surface area contributed by atoms with Gasteiger partial charge >= 0.3 is 0 Å². The van der Waals surface area contributed by atoms with Crippen LogP contribution >= 0.6 is 35.4 Å². The lowest BCUT2D eigenvalue weighted by Gasteiger charge is -2.23. The number of fused-ring (bicyclic) bond motifs is 1. The van der Waals surface area contributed by atoms with Crippen molar-refractivity contribution in [1.29, 1.82) is 0 Å². The fourth-order valence-electron chi connectivity index (χ4n) is 4.26. The van der Waals surface area contributed by atoms with Crippen LogP contribution in [0.15, 0.2) is 103 Å². The molecule has 0 fully saturated rings. The lowest BCUT2D eigenvalue weighted by molar-refractivity contribution is -0.118. The minimum absolute atomic E-state index is 0.186. The molecule has 4 aromatic carbocycles. The average Bonchev–Trinajstić information content (AvgIpc) is 3.01. The number of nitrogens with one attached hydrogen (secondary N) is 2. The van der Waals surface area contributed by atoms with Crippen molar-refractivity contribution < 1.29 is 9.53 Å². The minimum Gasteiger partial charge on any atom is -0.455 e. The van der Waals surface area contributed by atoms with Gasteiger partial charge in [-0.2, -0.15) is 0 Å². The SMILES string of the molecule is CN1C(=O)C(NC(=S)Nc2ccccc2Oc2ccccc2)C=C(c2ccccc2Cl)c2cc(Cl)ccc21. The lowest BCUT2D eigenvalue weighted by Crippen LogP contribution is -2.47. The number of amides is 1. The fourth-order valence-corrected chi connectivity index (χ4v) is 4.91. The van der Waals surface area contributed by atoms with E-state index in [2.05, 4.69) is 10.6 Å². The summed E-state index contributed by atoms with van der Waals surface area (Å²) in [6, 6.07) is 29.1. The Balaban J connectivity index is 1.46. The summed E-state index contributed by atoms with van der Waals surface area (Å²) in [6.07, 6.45) is 1.84. The molecule has 1 aliphatic heterocycles. The molecule has 1 amide bonds. The summed E-state index contributed by atoms with van der Waals surface area (Å²) in [5.41, 5.74) is 3.74. The van der Waals surface area contributed by atoms with Gasteiger partial charge < -0.3 is 20.3 Å². The standard InChI is InChI=1S/C30H23Cl2N3O2S/c1-35-27-16-15-19(31)17-23(27)22(21-11-5-6-12-24(21)32)18-26(29(35)36)34-30(38)33-25-13-7-8-14-28(25)37-20-9-3-2-4-10-20/h2-18,26H,1H3,(H2,33,34,38). The van der Waals surface area contributed by atoms with Crippen molar-refractivity contribution in [3.05, 3.63) is 124 Å². The highest BCUT2D eigenvalue weighted by Crippen LogP contribution is 2.38. The molecule has 1 atom stereocenters. The molecule has 0 saturated heterocycles. The number of hydrogen-bond donors (Lipinski definition) is 2. The smallest absolute Gasteiger partial charge is 0.253 e. The first kappa shape index (κ1) is 25.8. The number of para-hydroxylation sites is 3. The quantitative estimate of drug-likeness (QED) is 0.247. The van der Waals surface area contributed by atoms with Gasteiger partial charge in [0.05, 0.1) is 11.4 Å². The van der Waals surface area contributed by atoms with Crippen LogP contribution in [0.25, 0.3) is 5.57 Å². The number of benzene rings is 4. The number of hydrogen-bond acceptors (Lipinski definition) is 3. The second-order valence-electron chi connectivity index (χ2n) is 8.61. The topological polar surface area (TPSA) is 53.6 Å². The lowest BCUT2D eigenvalue weighted by atomic mass is 9.95. The molecule has 38 heavy (non-hydrogen) atoms. The van der Waals surface area contributed by atoms with Gasteiger partial charge in [-0.1, -0.05) is 71.7 Å². The van der Waals surface area contributed by atoms with E-state index in [1.165, 1.54) is 0 Å². The van der Waals surface area contributed by atoms with E-state index < -0.39 is 6.04 Å². The largest absolute Gasteiger partial charge is 0.455 e. The molecule has 1 heterocycles. The first-order valence-electron chi connectivity index (χ1n) is 11.8. The number of anilines is 2. The molecule has 0 spiro atoms. The van der Waals surface area contributed by atoms with Gasteiger partial charge in [0.2, 0.25) is 0 Å². The number of halogens is 2. The number of carbonyl (C=O) groups excluding carboxylic acids is 1. The zero-order chi connectivity index (χ0) is 26.6. The highest BCUT2D eigenvalue weighted by Gasteiger charge is 2.30. The number of ether oxygens (including phenoxy) is 1. The number of nitrogens with zero attached hydrogens (tertiary/aromatic N) is 1. The van der Waals surface area contributed by atoms with E-state index in [-0.39, 0.29) is 11.0 Å². The third kappa shape index (κ3) is 5.53. The van der Waals surface area contributed by atoms with Crippen LogP contribution < -0.4 is 20.3 Å². The molecule has 5 nitrogen and oxygen atoms in total. The highest BCUT2D eigenvalue weighted by molar-refractivity contribution is 7.80. The Hall–Kier alpha value is -3.84. The van der Waals surface area contributed by atoms with Crippen molar-refractivity contribution in [3.8, 4) is 11.5 Å². The maximum absolute atomic E-state index is 13.6. The molecule has 8 heteroatoms. The zero-order valence-corrected chi connectivity index (χ0v) is 22.6. The predicted molar refractivity (Wildman–Crippen MR) is 159 cm³/mol. The first-order valence-corrected chi connectivity index (χ1v) is 13.0. The van der Waals surface area contributed by atoms with Crippen LogP contribution in [0, 0.1) is 0 Å². The van der Waals surface area contributed by atoms with Crippen LogP contribution in [0.2, 0.25) is 10.0 Å². The van der Waals surface area contributed by atoms with Crippen LogP contribution in [0.3, 0.4) is 0 Å². The molecule has 190 valence electrons. The Morgan fingerprint density at radius 2 is 1.61 bits per heavy atom. The normalized spacial score (nSPS) is 14.7. The molecule has 1 unspecified atom stereocenters. The van der Waals surface area contributed by atoms with E-state index in [1.54, 1.807) is 18.0 Å². The van der Waals surface area contributed by atoms with Crippen molar-refractivity contribution in [2.45, 2.75) is 6.04 Å². The van der Waals surface area contributed by atoms with Crippen LogP contribution in [0.4, 0.5) is 11.4 Å². The summed E-state index contributed by atoms with van der Waals surface area (Å²) in [5.74, 6) is 1.11. The van der Waals surface area contributed by atoms with E-state index >= 15 is 0 Å². The minimum atomic E-state index is -0.778. The van der Waals surface area contributed by atoms with Crippen LogP contribution in [0.1, 0.15) is 11.1 Å². The van der Waals surface area contributed by atoms with Crippen LogP contribution in [0.5, 0.6) is 11.5 Å². The van der Waals surface area contributed by atoms with Gasteiger partial charge in [0, 0.05) is 28.2 Å². The van der Waals surface area contributed by atoms with Gasteiger partial charge in [-0.15, -0.1) is 0 Å². The van der Waals surface area contributed by atoms with Crippen molar-refractivity contribution >= 4 is 63.4 Å². The molecule has 5 rings (SSSR count). The van der Waals surface area contributed by atoms with Gasteiger partial charge in [0.1, 0.15) is 11.8 Å². The number of likely N-dealkylation sites (N-methyl/N-ethyl adjacent to an activating group) is 1. The molecular formula is C30H23Cl2N3O2S. The van der Waals surface area contributed by atoms with Gasteiger partial charge in [-0.25, -0.2) is 0 Å². The molecular weight excluding hydrogens is 537 g/mol. The second kappa shape index (κ2) is 11.3. The van der Waals surface area contributed by atoms with Gasteiger partial charge in [-0.3, -0.25) is 4.79 Å². The maximum atomic E-state index is 13.6. The fraction of sp³-hybridized carbons (Fsp3) is 0.0667. The van der Waals surface area contributed by atoms with Gasteiger partial charge in [-0.05, 0) is 72.4 Å².